The fraction of sp³-hybridized carbons (Fsp3) is 0.585. The van der Waals surface area contributed by atoms with Crippen LogP contribution in [-0.2, 0) is 10.8 Å². The normalized spacial score (nSPS) is 13.6. The molecule has 4 aromatic rings. The molecule has 0 atom stereocenters. The molecule has 2 heteroatoms. The quantitative estimate of drug-likeness (QED) is 0.0371. The Bertz CT molecular complexity index is 2030. The Labute approximate surface area is 412 Å². The Morgan fingerprint density at radius 2 is 0.776 bits per heavy atom. The van der Waals surface area contributed by atoms with Gasteiger partial charge in [0.15, 0.2) is 0 Å². The lowest BCUT2D eigenvalue weighted by Crippen LogP contribution is -2.25. The second kappa shape index (κ2) is 29.9. The van der Waals surface area contributed by atoms with E-state index >= 15 is 0 Å². The van der Waals surface area contributed by atoms with Gasteiger partial charge in [0.2, 0.25) is 0 Å². The van der Waals surface area contributed by atoms with E-state index in [2.05, 4.69) is 120 Å². The summed E-state index contributed by atoms with van der Waals surface area (Å²) in [5.41, 5.74) is 15.4. The molecule has 0 unspecified atom stereocenters. The number of aldehydes is 1. The highest BCUT2D eigenvalue weighted by Crippen LogP contribution is 2.56. The predicted molar refractivity (Wildman–Crippen MR) is 295 cm³/mol. The third kappa shape index (κ3) is 14.8. The summed E-state index contributed by atoms with van der Waals surface area (Å²) in [5, 5.41) is 0. The lowest BCUT2D eigenvalue weighted by Gasteiger charge is -2.33. The van der Waals surface area contributed by atoms with Crippen LogP contribution in [0.25, 0.3) is 28.3 Å². The predicted octanol–water partition coefficient (Wildman–Crippen LogP) is 20.7. The van der Waals surface area contributed by atoms with Crippen LogP contribution in [0.4, 0.5) is 0 Å². The molecule has 4 aromatic carbocycles. The van der Waals surface area contributed by atoms with Crippen LogP contribution in [0, 0.1) is 6.92 Å². The van der Waals surface area contributed by atoms with Crippen LogP contribution in [0.5, 0.6) is 5.75 Å². The first-order chi connectivity index (χ1) is 32.4. The number of hydrogen-bond acceptors (Lipinski definition) is 2. The SMILES string of the molecule is C.C/C=C/c1ccc2c(c1)C(CCCCCCCC)(CCCCCCCC)c1cc(C)ccc1-2.CCCCCCCCC1(CCCCCCCC)c2cc(C=O)ccc2-c2ccc(OC)cc21. The second-order valence-electron chi connectivity index (χ2n) is 20.4. The van der Waals surface area contributed by atoms with Crippen LogP contribution in [0.3, 0.4) is 0 Å². The van der Waals surface area contributed by atoms with Crippen molar-refractivity contribution in [3.05, 3.63) is 118 Å². The molecule has 0 saturated heterocycles. The molecule has 0 aromatic heterocycles. The fourth-order valence-electron chi connectivity index (χ4n) is 11.8. The fourth-order valence-corrected chi connectivity index (χ4v) is 11.8. The van der Waals surface area contributed by atoms with Gasteiger partial charge in [0, 0.05) is 16.4 Å². The third-order valence-electron chi connectivity index (χ3n) is 15.5. The van der Waals surface area contributed by atoms with E-state index in [0.717, 1.165) is 30.4 Å². The summed E-state index contributed by atoms with van der Waals surface area (Å²) >= 11 is 0. The van der Waals surface area contributed by atoms with Crippen molar-refractivity contribution in [3.63, 3.8) is 0 Å². The molecule has 0 saturated carbocycles. The molecule has 0 heterocycles. The van der Waals surface area contributed by atoms with Crippen LogP contribution in [0.1, 0.15) is 266 Å². The Morgan fingerprint density at radius 3 is 1.18 bits per heavy atom. The van der Waals surface area contributed by atoms with Crippen molar-refractivity contribution in [1.29, 1.82) is 0 Å². The third-order valence-corrected chi connectivity index (χ3v) is 15.5. The first kappa shape index (κ1) is 55.7. The molecule has 0 amide bonds. The molecule has 0 N–H and O–H groups in total. The standard InChI is InChI=1S/C33H48.C31H44O2.CH4/c1-5-8-10-12-14-16-23-33(24-17-15-13-11-9-6-2)31-25-27(4)19-21-29(31)30-22-20-28(18-7-3)26-32(30)33;1-4-6-8-10-12-14-20-31(21-15-13-11-9-7-5-2)29-22-25(24-32)16-18-27(29)28-19-17-26(33-3)23-30(28)31;/h7,18-22,25-26H,5-6,8-17,23-24H2,1-4H3;16-19,22-24H,4-15,20-21H2,1-3H3;1H4/b18-7+;;. The number of hydrogen-bond donors (Lipinski definition) is 0. The van der Waals surface area contributed by atoms with Gasteiger partial charge >= 0.3 is 0 Å². The highest BCUT2D eigenvalue weighted by atomic mass is 16.5. The molecule has 0 radical (unpaired) electrons. The molecule has 2 aliphatic carbocycles. The van der Waals surface area contributed by atoms with E-state index in [4.69, 9.17) is 4.74 Å². The highest BCUT2D eigenvalue weighted by Gasteiger charge is 2.44. The first-order valence-electron chi connectivity index (χ1n) is 27.5. The number of rotatable bonds is 31. The van der Waals surface area contributed by atoms with Crippen molar-refractivity contribution in [2.45, 2.75) is 240 Å². The maximum atomic E-state index is 11.7. The van der Waals surface area contributed by atoms with Gasteiger partial charge < -0.3 is 4.74 Å². The summed E-state index contributed by atoms with van der Waals surface area (Å²) in [6.07, 6.45) is 42.5. The molecule has 368 valence electrons. The van der Waals surface area contributed by atoms with Crippen molar-refractivity contribution in [2.24, 2.45) is 0 Å². The molecule has 0 spiro atoms. The Kier molecular flexibility index (Phi) is 24.8. The monoisotopic (exact) mass is 909 g/mol. The van der Waals surface area contributed by atoms with Gasteiger partial charge in [0.05, 0.1) is 7.11 Å². The van der Waals surface area contributed by atoms with E-state index in [0.29, 0.717) is 0 Å². The summed E-state index contributed by atoms with van der Waals surface area (Å²) in [6, 6.07) is 27.4. The molecular formula is C65H96O2. The van der Waals surface area contributed by atoms with Gasteiger partial charge in [-0.1, -0.05) is 262 Å². The summed E-state index contributed by atoms with van der Waals surface area (Å²) < 4.78 is 5.66. The number of methoxy groups -OCH3 is 1. The van der Waals surface area contributed by atoms with Crippen LogP contribution in [-0.4, -0.2) is 13.4 Å². The maximum absolute atomic E-state index is 11.7. The highest BCUT2D eigenvalue weighted by molar-refractivity contribution is 5.86. The van der Waals surface area contributed by atoms with Crippen molar-refractivity contribution in [3.8, 4) is 28.0 Å². The number of carbonyl (C=O) groups excluding carboxylic acids is 1. The molecule has 6 rings (SSSR count). The number of fused-ring (bicyclic) bond motifs is 6. The zero-order valence-electron chi connectivity index (χ0n) is 43.3. The van der Waals surface area contributed by atoms with Gasteiger partial charge in [-0.25, -0.2) is 0 Å². The van der Waals surface area contributed by atoms with Crippen LogP contribution in [0.15, 0.2) is 78.9 Å². The maximum Gasteiger partial charge on any atom is 0.150 e. The topological polar surface area (TPSA) is 26.3 Å². The van der Waals surface area contributed by atoms with Crippen LogP contribution in [0.2, 0.25) is 0 Å². The summed E-state index contributed by atoms with van der Waals surface area (Å²) in [6.45, 7) is 13.6. The Hall–Kier alpha value is -3.91. The molecule has 0 fully saturated rings. The molecule has 2 nitrogen and oxygen atoms in total. The molecule has 0 bridgehead atoms. The number of ether oxygens (including phenoxy) is 1. The van der Waals surface area contributed by atoms with Crippen molar-refractivity contribution >= 4 is 12.4 Å². The molecule has 2 aliphatic rings. The van der Waals surface area contributed by atoms with Crippen molar-refractivity contribution < 1.29 is 9.53 Å². The zero-order valence-corrected chi connectivity index (χ0v) is 43.3. The van der Waals surface area contributed by atoms with Gasteiger partial charge in [-0.05, 0) is 108 Å². The van der Waals surface area contributed by atoms with Gasteiger partial charge in [-0.3, -0.25) is 4.79 Å². The summed E-state index contributed by atoms with van der Waals surface area (Å²) in [7, 11) is 1.76. The number of unbranched alkanes of at least 4 members (excludes halogenated alkanes) is 20. The van der Waals surface area contributed by atoms with Crippen molar-refractivity contribution in [1.82, 2.24) is 0 Å². The van der Waals surface area contributed by atoms with E-state index in [1.807, 2.05) is 6.07 Å². The number of carbonyl (C=O) groups is 1. The smallest absolute Gasteiger partial charge is 0.150 e. The molecular weight excluding hydrogens is 813 g/mol. The second-order valence-corrected chi connectivity index (χ2v) is 20.4. The van der Waals surface area contributed by atoms with Crippen molar-refractivity contribution in [2.75, 3.05) is 7.11 Å². The number of benzene rings is 4. The molecule has 0 aliphatic heterocycles. The average Bonchev–Trinajstić information content (AvgIpc) is 3.75. The summed E-state index contributed by atoms with van der Waals surface area (Å²) in [5.74, 6) is 0.937. The van der Waals surface area contributed by atoms with Gasteiger partial charge in [0.1, 0.15) is 12.0 Å². The van der Waals surface area contributed by atoms with E-state index in [-0.39, 0.29) is 18.3 Å². The van der Waals surface area contributed by atoms with Crippen LogP contribution < -0.4 is 4.74 Å². The zero-order chi connectivity index (χ0) is 47.0. The van der Waals surface area contributed by atoms with Gasteiger partial charge in [0.25, 0.3) is 0 Å². The van der Waals surface area contributed by atoms with Crippen LogP contribution >= 0.6 is 0 Å². The van der Waals surface area contributed by atoms with E-state index < -0.39 is 0 Å². The first-order valence-corrected chi connectivity index (χ1v) is 27.5. The number of allylic oxidation sites excluding steroid dienone is 1. The Balaban J connectivity index is 0.000000288. The summed E-state index contributed by atoms with van der Waals surface area (Å²) in [4.78, 5) is 11.7. The number of aryl methyl sites for hydroxylation is 1. The lowest BCUT2D eigenvalue weighted by atomic mass is 9.70. The minimum absolute atomic E-state index is 0. The van der Waals surface area contributed by atoms with E-state index in [9.17, 15) is 4.79 Å². The minimum Gasteiger partial charge on any atom is -0.497 e. The van der Waals surface area contributed by atoms with Gasteiger partial charge in [-0.15, -0.1) is 0 Å². The minimum atomic E-state index is -0.00621. The van der Waals surface area contributed by atoms with Gasteiger partial charge in [-0.2, -0.15) is 0 Å². The Morgan fingerprint density at radius 1 is 0.433 bits per heavy atom. The van der Waals surface area contributed by atoms with E-state index in [1.165, 1.54) is 211 Å². The average molecular weight is 909 g/mol. The van der Waals surface area contributed by atoms with E-state index in [1.54, 1.807) is 18.2 Å². The molecule has 67 heavy (non-hydrogen) atoms. The largest absolute Gasteiger partial charge is 0.497 e. The lowest BCUT2D eigenvalue weighted by molar-refractivity contribution is 0.112.